The molecule has 1 aromatic carbocycles. The van der Waals surface area contributed by atoms with E-state index in [1.54, 1.807) is 30.1 Å². The van der Waals surface area contributed by atoms with Crippen molar-refractivity contribution in [2.75, 3.05) is 12.4 Å². The molecule has 1 amide bonds. The van der Waals surface area contributed by atoms with Crippen LogP contribution in [-0.2, 0) is 18.3 Å². The zero-order valence-electron chi connectivity index (χ0n) is 15.8. The van der Waals surface area contributed by atoms with Gasteiger partial charge in [0.1, 0.15) is 11.9 Å². The summed E-state index contributed by atoms with van der Waals surface area (Å²) < 4.78 is 15.7. The van der Waals surface area contributed by atoms with Gasteiger partial charge in [-0.05, 0) is 31.5 Å². The summed E-state index contributed by atoms with van der Waals surface area (Å²) in [5.41, 5.74) is 2.42. The van der Waals surface area contributed by atoms with Gasteiger partial charge in [-0.3, -0.25) is 9.48 Å². The Morgan fingerprint density at radius 2 is 2.18 bits per heavy atom. The zero-order chi connectivity index (χ0) is 19.7. The maximum atomic E-state index is 14.1. The van der Waals surface area contributed by atoms with Gasteiger partial charge in [-0.2, -0.15) is 5.10 Å². The van der Waals surface area contributed by atoms with E-state index in [0.717, 1.165) is 29.0 Å². The van der Waals surface area contributed by atoms with E-state index in [1.807, 2.05) is 19.3 Å². The van der Waals surface area contributed by atoms with Gasteiger partial charge in [-0.25, -0.2) is 9.37 Å². The van der Waals surface area contributed by atoms with Gasteiger partial charge in [-0.15, -0.1) is 11.3 Å². The van der Waals surface area contributed by atoms with Crippen LogP contribution in [0.1, 0.15) is 46.5 Å². The maximum absolute atomic E-state index is 14.1. The lowest BCUT2D eigenvalue weighted by atomic mass is 10.1. The summed E-state index contributed by atoms with van der Waals surface area (Å²) in [5, 5.41) is 10.6. The van der Waals surface area contributed by atoms with Crippen molar-refractivity contribution in [2.24, 2.45) is 7.05 Å². The predicted octanol–water partition coefficient (Wildman–Crippen LogP) is 3.38. The smallest absolute Gasteiger partial charge is 0.247 e. The molecule has 6 nitrogen and oxygen atoms in total. The number of nitrogens with one attached hydrogen (secondary N) is 2. The highest BCUT2D eigenvalue weighted by molar-refractivity contribution is 7.15. The molecule has 1 atom stereocenters. The van der Waals surface area contributed by atoms with Crippen molar-refractivity contribution in [3.05, 3.63) is 64.2 Å². The van der Waals surface area contributed by atoms with Gasteiger partial charge in [0.15, 0.2) is 5.13 Å². The zero-order valence-corrected chi connectivity index (χ0v) is 16.6. The van der Waals surface area contributed by atoms with Crippen LogP contribution in [-0.4, -0.2) is 27.7 Å². The lowest BCUT2D eigenvalue weighted by molar-refractivity contribution is -0.118. The number of aromatic nitrogens is 3. The van der Waals surface area contributed by atoms with E-state index < -0.39 is 6.04 Å². The summed E-state index contributed by atoms with van der Waals surface area (Å²) in [4.78, 5) is 18.5. The molecule has 0 bridgehead atoms. The van der Waals surface area contributed by atoms with Gasteiger partial charge in [0.05, 0.1) is 11.9 Å². The highest BCUT2D eigenvalue weighted by Crippen LogP contribution is 2.44. The molecular formula is C20H22FN5OS. The Kier molecular flexibility index (Phi) is 5.23. The van der Waals surface area contributed by atoms with Crippen molar-refractivity contribution in [1.82, 2.24) is 20.1 Å². The van der Waals surface area contributed by atoms with E-state index in [-0.39, 0.29) is 11.7 Å². The second-order valence-electron chi connectivity index (χ2n) is 7.03. The number of hydrogen-bond acceptors (Lipinski definition) is 5. The van der Waals surface area contributed by atoms with Gasteiger partial charge >= 0.3 is 0 Å². The second kappa shape index (κ2) is 7.81. The van der Waals surface area contributed by atoms with Crippen LogP contribution in [0.2, 0.25) is 0 Å². The van der Waals surface area contributed by atoms with E-state index >= 15 is 0 Å². The SMILES string of the molecule is CN[C@@H](C(=O)Nc1nc(C2CC2)c(Cc2ccccc2F)s1)c1cnn(C)c1. The van der Waals surface area contributed by atoms with Gasteiger partial charge < -0.3 is 10.6 Å². The van der Waals surface area contributed by atoms with Crippen LogP contribution >= 0.6 is 11.3 Å². The van der Waals surface area contributed by atoms with E-state index in [0.29, 0.717) is 23.0 Å². The number of benzene rings is 1. The second-order valence-corrected chi connectivity index (χ2v) is 8.11. The average Bonchev–Trinajstić information content (AvgIpc) is 3.31. The maximum Gasteiger partial charge on any atom is 0.247 e. The standard InChI is InChI=1S/C20H22FN5OS/c1-22-18(14-10-23-26(2)11-14)19(27)25-20-24-17(12-7-8-12)16(28-20)9-13-5-3-4-6-15(13)21/h3-6,10-12,18,22H,7-9H2,1-2H3,(H,24,25,27)/t18-/m1/s1. The van der Waals surface area contributed by atoms with Gasteiger partial charge in [0.25, 0.3) is 0 Å². The molecule has 28 heavy (non-hydrogen) atoms. The first-order valence-corrected chi connectivity index (χ1v) is 10.1. The molecule has 1 fully saturated rings. The van der Waals surface area contributed by atoms with Crippen molar-refractivity contribution < 1.29 is 9.18 Å². The van der Waals surface area contributed by atoms with Crippen LogP contribution in [0, 0.1) is 5.82 Å². The number of aryl methyl sites for hydroxylation is 1. The quantitative estimate of drug-likeness (QED) is 0.639. The van der Waals surface area contributed by atoms with Crippen LogP contribution < -0.4 is 10.6 Å². The largest absolute Gasteiger partial charge is 0.305 e. The third-order valence-corrected chi connectivity index (χ3v) is 5.83. The van der Waals surface area contributed by atoms with E-state index in [4.69, 9.17) is 0 Å². The highest BCUT2D eigenvalue weighted by atomic mass is 32.1. The minimum Gasteiger partial charge on any atom is -0.305 e. The molecule has 3 aromatic rings. The van der Waals surface area contributed by atoms with E-state index in [2.05, 4.69) is 20.7 Å². The van der Waals surface area contributed by atoms with Crippen molar-refractivity contribution >= 4 is 22.4 Å². The molecule has 1 aliphatic rings. The van der Waals surface area contributed by atoms with Crippen molar-refractivity contribution in [2.45, 2.75) is 31.2 Å². The molecule has 2 aromatic heterocycles. The molecule has 1 aliphatic carbocycles. The molecule has 8 heteroatoms. The Morgan fingerprint density at radius 3 is 2.82 bits per heavy atom. The fraction of sp³-hybridized carbons (Fsp3) is 0.350. The molecule has 4 rings (SSSR count). The summed E-state index contributed by atoms with van der Waals surface area (Å²) in [6.07, 6.45) is 6.15. The van der Waals surface area contributed by atoms with E-state index in [1.165, 1.54) is 17.4 Å². The molecule has 0 saturated heterocycles. The lowest BCUT2D eigenvalue weighted by Gasteiger charge is -2.12. The average molecular weight is 399 g/mol. The van der Waals surface area contributed by atoms with Gasteiger partial charge in [-0.1, -0.05) is 18.2 Å². The van der Waals surface area contributed by atoms with Crippen LogP contribution in [0.15, 0.2) is 36.7 Å². The first-order chi connectivity index (χ1) is 13.5. The monoisotopic (exact) mass is 399 g/mol. The Balaban J connectivity index is 1.55. The van der Waals surface area contributed by atoms with Crippen LogP contribution in [0.4, 0.5) is 9.52 Å². The van der Waals surface area contributed by atoms with Crippen molar-refractivity contribution in [3.63, 3.8) is 0 Å². The summed E-state index contributed by atoms with van der Waals surface area (Å²) in [7, 11) is 3.55. The van der Waals surface area contributed by atoms with Gasteiger partial charge in [0.2, 0.25) is 5.91 Å². The number of anilines is 1. The normalized spacial score (nSPS) is 14.8. The highest BCUT2D eigenvalue weighted by Gasteiger charge is 2.31. The number of nitrogens with zero attached hydrogens (tertiary/aromatic N) is 3. The van der Waals surface area contributed by atoms with Crippen LogP contribution in [0.25, 0.3) is 0 Å². The Hall–Kier alpha value is -2.58. The third kappa shape index (κ3) is 3.98. The molecule has 146 valence electrons. The molecule has 0 unspecified atom stereocenters. The number of carbonyl (C=O) groups excluding carboxylic acids is 1. The molecule has 2 heterocycles. The number of hydrogen-bond donors (Lipinski definition) is 2. The van der Waals surface area contributed by atoms with Crippen LogP contribution in [0.3, 0.4) is 0 Å². The summed E-state index contributed by atoms with van der Waals surface area (Å²) in [6.45, 7) is 0. The fourth-order valence-corrected chi connectivity index (χ4v) is 4.32. The Bertz CT molecular complexity index is 994. The van der Waals surface area contributed by atoms with Crippen LogP contribution in [0.5, 0.6) is 0 Å². The first kappa shape index (κ1) is 18.8. The molecule has 0 spiro atoms. The summed E-state index contributed by atoms with van der Waals surface area (Å²) in [6, 6.07) is 6.28. The topological polar surface area (TPSA) is 71.8 Å². The Labute approximate surface area is 166 Å². The number of thiazole rings is 1. The number of amides is 1. The first-order valence-electron chi connectivity index (χ1n) is 9.25. The minimum absolute atomic E-state index is 0.191. The molecule has 1 saturated carbocycles. The third-order valence-electron chi connectivity index (χ3n) is 4.84. The van der Waals surface area contributed by atoms with Crippen molar-refractivity contribution in [1.29, 1.82) is 0 Å². The Morgan fingerprint density at radius 1 is 1.39 bits per heavy atom. The van der Waals surface area contributed by atoms with Gasteiger partial charge in [0, 0.05) is 36.0 Å². The minimum atomic E-state index is -0.517. The van der Waals surface area contributed by atoms with E-state index in [9.17, 15) is 9.18 Å². The predicted molar refractivity (Wildman–Crippen MR) is 107 cm³/mol. The molecular weight excluding hydrogens is 377 g/mol. The summed E-state index contributed by atoms with van der Waals surface area (Å²) >= 11 is 1.43. The lowest BCUT2D eigenvalue weighted by Crippen LogP contribution is -2.30. The molecule has 0 aliphatic heterocycles. The number of halogens is 1. The van der Waals surface area contributed by atoms with Crippen molar-refractivity contribution in [3.8, 4) is 0 Å². The number of rotatable bonds is 7. The molecule has 2 N–H and O–H groups in total. The number of likely N-dealkylation sites (N-methyl/N-ethyl adjacent to an activating group) is 1. The summed E-state index contributed by atoms with van der Waals surface area (Å²) in [5.74, 6) is 0.0150. The fourth-order valence-electron chi connectivity index (χ4n) is 3.25. The molecule has 0 radical (unpaired) electrons. The number of carbonyl (C=O) groups is 1.